The van der Waals surface area contributed by atoms with E-state index in [0.717, 1.165) is 11.1 Å². The van der Waals surface area contributed by atoms with Gasteiger partial charge in [-0.2, -0.15) is 0 Å². The smallest absolute Gasteiger partial charge is 0.257 e. The highest BCUT2D eigenvalue weighted by atomic mass is 35.5. The van der Waals surface area contributed by atoms with Crippen LogP contribution in [0.1, 0.15) is 15.9 Å². The molecule has 0 bridgehead atoms. The number of halogens is 2. The van der Waals surface area contributed by atoms with Gasteiger partial charge in [0.1, 0.15) is 0 Å². The Morgan fingerprint density at radius 1 is 0.926 bits per heavy atom. The molecule has 1 heterocycles. The van der Waals surface area contributed by atoms with Crippen LogP contribution in [-0.4, -0.2) is 15.5 Å². The molecule has 1 aromatic heterocycles. The molecule has 0 saturated carbocycles. The topological polar surface area (TPSA) is 46.9 Å². The maximum absolute atomic E-state index is 12.6. The van der Waals surface area contributed by atoms with Crippen molar-refractivity contribution in [1.82, 2.24) is 9.55 Å². The Kier molecular flexibility index (Phi) is 4.84. The van der Waals surface area contributed by atoms with E-state index >= 15 is 0 Å². The van der Waals surface area contributed by atoms with Crippen molar-refractivity contribution >= 4 is 46.1 Å². The third kappa shape index (κ3) is 3.68. The fraction of sp³-hybridized carbons (Fsp3) is 0.0476. The molecular weight excluding hydrogens is 381 g/mol. The van der Waals surface area contributed by atoms with Crippen molar-refractivity contribution in [2.75, 3.05) is 5.32 Å². The zero-order chi connectivity index (χ0) is 18.8. The van der Waals surface area contributed by atoms with Gasteiger partial charge in [-0.1, -0.05) is 71.7 Å². The largest absolute Gasteiger partial charge is 0.305 e. The standard InChI is InChI=1S/C21H15Cl2N3O/c22-16-11-18-19(12-17(16)23)26(13-14-7-3-1-4-8-14)21(24-18)25-20(27)15-9-5-2-6-10-15/h1-12H,13H2,(H,24,25,27). The summed E-state index contributed by atoms with van der Waals surface area (Å²) in [7, 11) is 0. The summed E-state index contributed by atoms with van der Waals surface area (Å²) in [6, 6.07) is 22.4. The molecule has 0 fully saturated rings. The lowest BCUT2D eigenvalue weighted by atomic mass is 10.2. The minimum atomic E-state index is -0.225. The molecule has 3 aromatic carbocycles. The van der Waals surface area contributed by atoms with Gasteiger partial charge < -0.3 is 4.57 Å². The summed E-state index contributed by atoms with van der Waals surface area (Å²) in [6.07, 6.45) is 0. The molecular formula is C21H15Cl2N3O. The Morgan fingerprint density at radius 2 is 1.56 bits per heavy atom. The van der Waals surface area contributed by atoms with Gasteiger partial charge in [0.25, 0.3) is 5.91 Å². The molecule has 6 heteroatoms. The Morgan fingerprint density at radius 3 is 2.26 bits per heavy atom. The summed E-state index contributed by atoms with van der Waals surface area (Å²) in [4.78, 5) is 17.2. The highest BCUT2D eigenvalue weighted by molar-refractivity contribution is 6.42. The SMILES string of the molecule is O=C(Nc1nc2cc(Cl)c(Cl)cc2n1Cc1ccccc1)c1ccccc1. The van der Waals surface area contributed by atoms with Crippen LogP contribution in [-0.2, 0) is 6.54 Å². The lowest BCUT2D eigenvalue weighted by molar-refractivity contribution is 0.102. The number of imidazole rings is 1. The lowest BCUT2D eigenvalue weighted by Crippen LogP contribution is -2.16. The van der Waals surface area contributed by atoms with Crippen LogP contribution in [0.15, 0.2) is 72.8 Å². The Hall–Kier alpha value is -2.82. The van der Waals surface area contributed by atoms with Crippen LogP contribution < -0.4 is 5.32 Å². The van der Waals surface area contributed by atoms with E-state index in [2.05, 4.69) is 10.3 Å². The number of rotatable bonds is 4. The molecule has 0 radical (unpaired) electrons. The van der Waals surface area contributed by atoms with Crippen molar-refractivity contribution in [3.05, 3.63) is 94.0 Å². The molecule has 0 aliphatic heterocycles. The van der Waals surface area contributed by atoms with Crippen LogP contribution in [0.5, 0.6) is 0 Å². The number of benzene rings is 3. The van der Waals surface area contributed by atoms with Gasteiger partial charge in [-0.15, -0.1) is 0 Å². The monoisotopic (exact) mass is 395 g/mol. The first kappa shape index (κ1) is 17.6. The van der Waals surface area contributed by atoms with Gasteiger partial charge in [0.05, 0.1) is 27.6 Å². The van der Waals surface area contributed by atoms with Gasteiger partial charge in [-0.25, -0.2) is 4.98 Å². The number of hydrogen-bond acceptors (Lipinski definition) is 2. The van der Waals surface area contributed by atoms with E-state index in [1.54, 1.807) is 24.3 Å². The zero-order valence-corrected chi connectivity index (χ0v) is 15.7. The minimum Gasteiger partial charge on any atom is -0.305 e. The van der Waals surface area contributed by atoms with Crippen LogP contribution in [0.25, 0.3) is 11.0 Å². The second kappa shape index (κ2) is 7.43. The van der Waals surface area contributed by atoms with E-state index in [-0.39, 0.29) is 5.91 Å². The maximum atomic E-state index is 12.6. The molecule has 0 unspecified atom stereocenters. The Balaban J connectivity index is 1.78. The molecule has 0 atom stereocenters. The molecule has 4 rings (SSSR count). The van der Waals surface area contributed by atoms with Gasteiger partial charge in [0, 0.05) is 5.56 Å². The quantitative estimate of drug-likeness (QED) is 0.485. The third-order valence-corrected chi connectivity index (χ3v) is 4.96. The molecule has 27 heavy (non-hydrogen) atoms. The van der Waals surface area contributed by atoms with Crippen molar-refractivity contribution in [2.24, 2.45) is 0 Å². The summed E-state index contributed by atoms with van der Waals surface area (Å²) < 4.78 is 1.92. The minimum absolute atomic E-state index is 0.225. The van der Waals surface area contributed by atoms with E-state index in [1.165, 1.54) is 0 Å². The average molecular weight is 396 g/mol. The zero-order valence-electron chi connectivity index (χ0n) is 14.2. The van der Waals surface area contributed by atoms with Crippen molar-refractivity contribution < 1.29 is 4.79 Å². The first-order chi connectivity index (χ1) is 13.1. The fourth-order valence-corrected chi connectivity index (χ4v) is 3.22. The van der Waals surface area contributed by atoms with Crippen LogP contribution in [0.2, 0.25) is 10.0 Å². The van der Waals surface area contributed by atoms with Gasteiger partial charge in [0.15, 0.2) is 0 Å². The third-order valence-electron chi connectivity index (χ3n) is 4.24. The number of nitrogens with one attached hydrogen (secondary N) is 1. The molecule has 4 aromatic rings. The number of carbonyl (C=O) groups is 1. The van der Waals surface area contributed by atoms with E-state index in [4.69, 9.17) is 23.2 Å². The second-order valence-electron chi connectivity index (χ2n) is 6.08. The van der Waals surface area contributed by atoms with Crippen molar-refractivity contribution in [3.63, 3.8) is 0 Å². The van der Waals surface area contributed by atoms with E-state index < -0.39 is 0 Å². The van der Waals surface area contributed by atoms with Crippen molar-refractivity contribution in [2.45, 2.75) is 6.54 Å². The number of fused-ring (bicyclic) bond motifs is 1. The number of aromatic nitrogens is 2. The van der Waals surface area contributed by atoms with Crippen LogP contribution >= 0.6 is 23.2 Å². The van der Waals surface area contributed by atoms with E-state index in [1.807, 2.05) is 53.1 Å². The summed E-state index contributed by atoms with van der Waals surface area (Å²) in [5.74, 6) is 0.221. The second-order valence-corrected chi connectivity index (χ2v) is 6.90. The summed E-state index contributed by atoms with van der Waals surface area (Å²) in [5, 5.41) is 3.77. The first-order valence-corrected chi connectivity index (χ1v) is 9.13. The molecule has 1 amide bonds. The lowest BCUT2D eigenvalue weighted by Gasteiger charge is -2.11. The number of anilines is 1. The summed E-state index contributed by atoms with van der Waals surface area (Å²) in [6.45, 7) is 0.541. The summed E-state index contributed by atoms with van der Waals surface area (Å²) in [5.41, 5.74) is 3.12. The molecule has 0 aliphatic carbocycles. The van der Waals surface area contributed by atoms with Crippen molar-refractivity contribution in [3.8, 4) is 0 Å². The Labute approximate surface area is 166 Å². The van der Waals surface area contributed by atoms with Gasteiger partial charge in [0.2, 0.25) is 5.95 Å². The number of amides is 1. The average Bonchev–Trinajstić information content (AvgIpc) is 3.00. The first-order valence-electron chi connectivity index (χ1n) is 8.37. The molecule has 0 aliphatic rings. The maximum Gasteiger partial charge on any atom is 0.257 e. The predicted molar refractivity (Wildman–Crippen MR) is 110 cm³/mol. The van der Waals surface area contributed by atoms with Gasteiger partial charge in [-0.3, -0.25) is 10.1 Å². The molecule has 1 N–H and O–H groups in total. The number of hydrogen-bond donors (Lipinski definition) is 1. The molecule has 134 valence electrons. The van der Waals surface area contributed by atoms with Crippen LogP contribution in [0.3, 0.4) is 0 Å². The van der Waals surface area contributed by atoms with E-state index in [9.17, 15) is 4.79 Å². The van der Waals surface area contributed by atoms with Gasteiger partial charge >= 0.3 is 0 Å². The molecule has 0 spiro atoms. The highest BCUT2D eigenvalue weighted by Gasteiger charge is 2.16. The van der Waals surface area contributed by atoms with Crippen molar-refractivity contribution in [1.29, 1.82) is 0 Å². The van der Waals surface area contributed by atoms with Crippen LogP contribution in [0.4, 0.5) is 5.95 Å². The predicted octanol–water partition coefficient (Wildman–Crippen LogP) is 5.64. The fourth-order valence-electron chi connectivity index (χ4n) is 2.90. The van der Waals surface area contributed by atoms with Crippen LogP contribution in [0, 0.1) is 0 Å². The van der Waals surface area contributed by atoms with Gasteiger partial charge in [-0.05, 0) is 29.8 Å². The summed E-state index contributed by atoms with van der Waals surface area (Å²) >= 11 is 12.4. The Bertz CT molecular complexity index is 1110. The number of carbonyl (C=O) groups excluding carboxylic acids is 1. The molecule has 4 nitrogen and oxygen atoms in total. The number of nitrogens with zero attached hydrogens (tertiary/aromatic N) is 2. The highest BCUT2D eigenvalue weighted by Crippen LogP contribution is 2.30. The normalized spacial score (nSPS) is 10.9. The molecule has 0 saturated heterocycles. The van der Waals surface area contributed by atoms with E-state index in [0.29, 0.717) is 33.6 Å².